The zero-order valence-corrected chi connectivity index (χ0v) is 8.28. The number of pyridine rings is 1. The Morgan fingerprint density at radius 2 is 2.38 bits per heavy atom. The van der Waals surface area contributed by atoms with Crippen LogP contribution in [0.3, 0.4) is 0 Å². The van der Waals surface area contributed by atoms with E-state index in [1.807, 2.05) is 16.6 Å². The van der Waals surface area contributed by atoms with Crippen LogP contribution in [0.1, 0.15) is 18.5 Å². The molecule has 0 bridgehead atoms. The summed E-state index contributed by atoms with van der Waals surface area (Å²) in [5.74, 6) is 1.22. The minimum atomic E-state index is 0.397. The molecule has 1 atom stereocenters. The summed E-state index contributed by atoms with van der Waals surface area (Å²) in [6.07, 6.45) is 1.57. The van der Waals surface area contributed by atoms with Crippen molar-refractivity contribution in [3.05, 3.63) is 30.2 Å². The average molecular weight is 193 g/mol. The van der Waals surface area contributed by atoms with Crippen LogP contribution in [0.25, 0.3) is 5.65 Å². The van der Waals surface area contributed by atoms with E-state index in [2.05, 4.69) is 35.7 Å². The second-order valence-electron chi connectivity index (χ2n) is 3.06. The summed E-state index contributed by atoms with van der Waals surface area (Å²) in [5.41, 5.74) is 2.05. The van der Waals surface area contributed by atoms with E-state index in [0.717, 1.165) is 17.1 Å². The van der Waals surface area contributed by atoms with Gasteiger partial charge in [0.2, 0.25) is 0 Å². The average Bonchev–Trinajstić information content (AvgIpc) is 2.63. The van der Waals surface area contributed by atoms with Crippen LogP contribution in [0.4, 0.5) is 0 Å². The predicted octanol–water partition coefficient (Wildman–Crippen LogP) is 1.76. The molecule has 68 valence electrons. The second-order valence-corrected chi connectivity index (χ2v) is 3.43. The molecule has 0 radical (unpaired) electrons. The largest absolute Gasteiger partial charge is 0.218 e. The lowest BCUT2D eigenvalue weighted by atomic mass is 10.1. The van der Waals surface area contributed by atoms with Gasteiger partial charge in [0.1, 0.15) is 6.33 Å². The van der Waals surface area contributed by atoms with Crippen molar-refractivity contribution in [1.82, 2.24) is 14.6 Å². The summed E-state index contributed by atoms with van der Waals surface area (Å²) >= 11 is 4.27. The fourth-order valence-corrected chi connectivity index (χ4v) is 1.52. The Labute approximate surface area is 82.2 Å². The molecule has 2 aromatic heterocycles. The van der Waals surface area contributed by atoms with E-state index in [-0.39, 0.29) is 0 Å². The van der Waals surface area contributed by atoms with E-state index < -0.39 is 0 Å². The van der Waals surface area contributed by atoms with Crippen LogP contribution in [0.2, 0.25) is 0 Å². The Bertz CT molecular complexity index is 410. The monoisotopic (exact) mass is 193 g/mol. The first-order chi connectivity index (χ1) is 6.33. The number of hydrogen-bond donors (Lipinski definition) is 1. The van der Waals surface area contributed by atoms with Crippen molar-refractivity contribution in [1.29, 1.82) is 0 Å². The molecule has 2 heterocycles. The molecule has 3 nitrogen and oxygen atoms in total. The van der Waals surface area contributed by atoms with Gasteiger partial charge < -0.3 is 0 Å². The highest BCUT2D eigenvalue weighted by atomic mass is 32.1. The summed E-state index contributed by atoms with van der Waals surface area (Å²) in [6, 6.07) is 6.00. The molecule has 0 saturated heterocycles. The molecule has 0 N–H and O–H groups in total. The van der Waals surface area contributed by atoms with Crippen LogP contribution in [0.15, 0.2) is 24.5 Å². The van der Waals surface area contributed by atoms with E-state index in [4.69, 9.17) is 0 Å². The van der Waals surface area contributed by atoms with E-state index in [1.165, 1.54) is 0 Å². The summed E-state index contributed by atoms with van der Waals surface area (Å²) in [6.45, 7) is 2.13. The van der Waals surface area contributed by atoms with Gasteiger partial charge in [0.25, 0.3) is 0 Å². The lowest BCUT2D eigenvalue weighted by molar-refractivity contribution is 0.767. The van der Waals surface area contributed by atoms with Crippen molar-refractivity contribution in [3.63, 3.8) is 0 Å². The van der Waals surface area contributed by atoms with Crippen molar-refractivity contribution < 1.29 is 0 Å². The van der Waals surface area contributed by atoms with Gasteiger partial charge in [-0.25, -0.2) is 9.50 Å². The van der Waals surface area contributed by atoms with Gasteiger partial charge in [0, 0.05) is 11.6 Å². The Morgan fingerprint density at radius 1 is 1.54 bits per heavy atom. The van der Waals surface area contributed by atoms with Gasteiger partial charge in [0.15, 0.2) is 5.65 Å². The summed E-state index contributed by atoms with van der Waals surface area (Å²) in [7, 11) is 0. The third kappa shape index (κ3) is 1.42. The highest BCUT2D eigenvalue weighted by Crippen LogP contribution is 2.16. The minimum Gasteiger partial charge on any atom is -0.218 e. The number of thiol groups is 1. The molecule has 0 aliphatic rings. The van der Waals surface area contributed by atoms with Crippen LogP contribution in [0.5, 0.6) is 0 Å². The lowest BCUT2D eigenvalue weighted by Gasteiger charge is -2.09. The molecule has 13 heavy (non-hydrogen) atoms. The molecule has 2 rings (SSSR count). The highest BCUT2D eigenvalue weighted by Gasteiger charge is 2.07. The number of rotatable bonds is 2. The molecule has 0 saturated carbocycles. The zero-order valence-electron chi connectivity index (χ0n) is 7.38. The smallest absolute Gasteiger partial charge is 0.155 e. The number of hydrogen-bond acceptors (Lipinski definition) is 3. The van der Waals surface area contributed by atoms with Crippen molar-refractivity contribution in [2.24, 2.45) is 0 Å². The first-order valence-corrected chi connectivity index (χ1v) is 4.85. The summed E-state index contributed by atoms with van der Waals surface area (Å²) < 4.78 is 1.86. The van der Waals surface area contributed by atoms with Crippen molar-refractivity contribution >= 4 is 18.3 Å². The third-order valence-electron chi connectivity index (χ3n) is 2.11. The molecule has 0 aliphatic carbocycles. The van der Waals surface area contributed by atoms with Crippen LogP contribution in [0, 0.1) is 0 Å². The Balaban J connectivity index is 2.60. The highest BCUT2D eigenvalue weighted by molar-refractivity contribution is 7.80. The molecule has 0 fully saturated rings. The molecule has 0 aromatic carbocycles. The lowest BCUT2D eigenvalue weighted by Crippen LogP contribution is -2.03. The van der Waals surface area contributed by atoms with Crippen molar-refractivity contribution in [2.75, 3.05) is 5.75 Å². The minimum absolute atomic E-state index is 0.397. The fraction of sp³-hybridized carbons (Fsp3) is 0.333. The van der Waals surface area contributed by atoms with Crippen LogP contribution < -0.4 is 0 Å². The van der Waals surface area contributed by atoms with Crippen molar-refractivity contribution in [3.8, 4) is 0 Å². The van der Waals surface area contributed by atoms with Crippen LogP contribution in [-0.2, 0) is 0 Å². The summed E-state index contributed by atoms with van der Waals surface area (Å²) in [5, 5.41) is 4.16. The van der Waals surface area contributed by atoms with Gasteiger partial charge in [0.05, 0.1) is 0 Å². The number of aromatic nitrogens is 3. The Morgan fingerprint density at radius 3 is 3.15 bits per heavy atom. The Kier molecular flexibility index (Phi) is 2.22. The zero-order chi connectivity index (χ0) is 9.26. The first kappa shape index (κ1) is 8.56. The van der Waals surface area contributed by atoms with Gasteiger partial charge in [-0.15, -0.1) is 0 Å². The summed E-state index contributed by atoms with van der Waals surface area (Å²) in [4.78, 5) is 4.12. The van der Waals surface area contributed by atoms with Crippen LogP contribution in [-0.4, -0.2) is 20.4 Å². The van der Waals surface area contributed by atoms with E-state index >= 15 is 0 Å². The number of nitrogens with zero attached hydrogens (tertiary/aromatic N) is 3. The number of fused-ring (bicyclic) bond motifs is 1. The second kappa shape index (κ2) is 3.38. The van der Waals surface area contributed by atoms with Crippen molar-refractivity contribution in [2.45, 2.75) is 12.8 Å². The molecule has 0 aliphatic heterocycles. The van der Waals surface area contributed by atoms with E-state index in [1.54, 1.807) is 6.33 Å². The maximum atomic E-state index is 4.27. The topological polar surface area (TPSA) is 30.2 Å². The molecule has 2 aromatic rings. The quantitative estimate of drug-likeness (QED) is 0.737. The van der Waals surface area contributed by atoms with E-state index in [9.17, 15) is 0 Å². The maximum Gasteiger partial charge on any atom is 0.155 e. The van der Waals surface area contributed by atoms with Crippen LogP contribution >= 0.6 is 12.6 Å². The molecule has 4 heteroatoms. The fourth-order valence-electron chi connectivity index (χ4n) is 1.33. The Hall–Kier alpha value is -1.03. The molecular formula is C9H11N3S. The first-order valence-electron chi connectivity index (χ1n) is 4.22. The molecule has 1 unspecified atom stereocenters. The molecule has 0 spiro atoms. The van der Waals surface area contributed by atoms with Gasteiger partial charge >= 0.3 is 0 Å². The predicted molar refractivity (Wildman–Crippen MR) is 55.3 cm³/mol. The van der Waals surface area contributed by atoms with E-state index in [0.29, 0.717) is 5.92 Å². The maximum absolute atomic E-state index is 4.27. The van der Waals surface area contributed by atoms with Gasteiger partial charge in [-0.05, 0) is 17.9 Å². The van der Waals surface area contributed by atoms with Gasteiger partial charge in [-0.3, -0.25) is 0 Å². The molecular weight excluding hydrogens is 182 g/mol. The normalized spacial score (nSPS) is 13.4. The van der Waals surface area contributed by atoms with Gasteiger partial charge in [-0.1, -0.05) is 13.0 Å². The standard InChI is InChI=1S/C9H11N3S/c1-7(5-13)8-3-2-4-9-10-6-11-12(8)9/h2-4,6-7,13H,5H2,1H3. The third-order valence-corrected chi connectivity index (χ3v) is 2.66. The van der Waals surface area contributed by atoms with Gasteiger partial charge in [-0.2, -0.15) is 17.7 Å². The SMILES string of the molecule is CC(CS)c1cccc2ncnn12. The molecule has 0 amide bonds.